The average molecular weight is 487 g/mol. The monoisotopic (exact) mass is 486 g/mol. The first-order chi connectivity index (χ1) is 17.0. The Morgan fingerprint density at radius 3 is 2.40 bits per heavy atom. The van der Waals surface area contributed by atoms with Gasteiger partial charge >= 0.3 is 0 Å². The van der Waals surface area contributed by atoms with Gasteiger partial charge in [0.1, 0.15) is 0 Å². The van der Waals surface area contributed by atoms with Crippen molar-refractivity contribution >= 4 is 40.7 Å². The molecule has 3 heterocycles. The van der Waals surface area contributed by atoms with E-state index >= 15 is 0 Å². The van der Waals surface area contributed by atoms with Gasteiger partial charge in [0, 0.05) is 74.2 Å². The Bertz CT molecular complexity index is 1330. The van der Waals surface area contributed by atoms with Crippen LogP contribution in [0.1, 0.15) is 39.5 Å². The third-order valence-corrected chi connectivity index (χ3v) is 8.03. The van der Waals surface area contributed by atoms with Crippen LogP contribution in [0.4, 0.5) is 0 Å². The Morgan fingerprint density at radius 2 is 1.71 bits per heavy atom. The van der Waals surface area contributed by atoms with Gasteiger partial charge in [-0.25, -0.2) is 4.98 Å². The molecule has 0 spiro atoms. The molecular weight excluding hydrogens is 456 g/mol. The number of piperazine rings is 1. The number of pyridine rings is 1. The van der Waals surface area contributed by atoms with E-state index in [1.807, 2.05) is 54.2 Å². The number of aliphatic imine (C=N–C) groups is 1. The summed E-state index contributed by atoms with van der Waals surface area (Å²) in [7, 11) is 1.81. The lowest BCUT2D eigenvalue weighted by atomic mass is 9.91. The van der Waals surface area contributed by atoms with Gasteiger partial charge in [-0.15, -0.1) is 0 Å². The van der Waals surface area contributed by atoms with Crippen LogP contribution in [-0.2, 0) is 17.0 Å². The summed E-state index contributed by atoms with van der Waals surface area (Å²) in [5.74, 6) is 2.12. The van der Waals surface area contributed by atoms with Gasteiger partial charge in [0.25, 0.3) is 5.91 Å². The number of rotatable bonds is 3. The SMILES string of the molecule is CN=Cc1c(C)ccc2nc(-c3ccc(C(=O)N4CCN(C(C)=O)CC4)cc3)c3c(c12)CCSC3. The van der Waals surface area contributed by atoms with Crippen molar-refractivity contribution in [2.24, 2.45) is 4.99 Å². The molecule has 1 saturated heterocycles. The standard InChI is InChI=1S/C28H30N4O2S/c1-18-4-9-25-26(23(18)16-29-3)22-10-15-35-17-24(22)27(30-25)20-5-7-21(8-6-20)28(34)32-13-11-31(12-14-32)19(2)33/h4-9,16H,10-15,17H2,1-3H3. The zero-order chi connectivity index (χ0) is 24.5. The molecule has 35 heavy (non-hydrogen) atoms. The summed E-state index contributed by atoms with van der Waals surface area (Å²) < 4.78 is 0. The van der Waals surface area contributed by atoms with Gasteiger partial charge < -0.3 is 9.80 Å². The summed E-state index contributed by atoms with van der Waals surface area (Å²) in [6.45, 7) is 6.03. The van der Waals surface area contributed by atoms with Crippen LogP contribution in [-0.4, -0.2) is 71.8 Å². The van der Waals surface area contributed by atoms with Crippen LogP contribution in [0.2, 0.25) is 0 Å². The van der Waals surface area contributed by atoms with Gasteiger partial charge in [-0.2, -0.15) is 11.8 Å². The number of carbonyl (C=O) groups excluding carboxylic acids is 2. The van der Waals surface area contributed by atoms with Crippen LogP contribution in [0.3, 0.4) is 0 Å². The highest BCUT2D eigenvalue weighted by Crippen LogP contribution is 2.38. The first-order valence-electron chi connectivity index (χ1n) is 12.1. The van der Waals surface area contributed by atoms with Crippen molar-refractivity contribution in [3.05, 3.63) is 64.2 Å². The molecule has 0 radical (unpaired) electrons. The zero-order valence-corrected chi connectivity index (χ0v) is 21.3. The van der Waals surface area contributed by atoms with E-state index in [1.165, 1.54) is 22.1 Å². The molecule has 0 atom stereocenters. The van der Waals surface area contributed by atoms with Gasteiger partial charge in [0.15, 0.2) is 0 Å². The largest absolute Gasteiger partial charge is 0.339 e. The van der Waals surface area contributed by atoms with Crippen LogP contribution in [0, 0.1) is 6.92 Å². The third kappa shape index (κ3) is 4.45. The lowest BCUT2D eigenvalue weighted by Gasteiger charge is -2.34. The number of aryl methyl sites for hydroxylation is 2. The minimum absolute atomic E-state index is 0.0165. The van der Waals surface area contributed by atoms with Crippen molar-refractivity contribution in [2.75, 3.05) is 39.0 Å². The zero-order valence-electron chi connectivity index (χ0n) is 20.5. The van der Waals surface area contributed by atoms with E-state index < -0.39 is 0 Å². The molecule has 2 aromatic carbocycles. The number of hydrogen-bond donors (Lipinski definition) is 0. The number of aromatic nitrogens is 1. The molecule has 0 N–H and O–H groups in total. The molecule has 1 aromatic heterocycles. The van der Waals surface area contributed by atoms with Gasteiger partial charge in [-0.05, 0) is 54.0 Å². The maximum Gasteiger partial charge on any atom is 0.253 e. The van der Waals surface area contributed by atoms with E-state index in [2.05, 4.69) is 24.0 Å². The molecule has 0 saturated carbocycles. The van der Waals surface area contributed by atoms with Crippen LogP contribution in [0.5, 0.6) is 0 Å². The smallest absolute Gasteiger partial charge is 0.253 e. The molecule has 1 fully saturated rings. The van der Waals surface area contributed by atoms with E-state index in [4.69, 9.17) is 4.98 Å². The fourth-order valence-electron chi connectivity index (χ4n) is 5.10. The third-order valence-electron chi connectivity index (χ3n) is 7.04. The summed E-state index contributed by atoms with van der Waals surface area (Å²) >= 11 is 1.94. The number of carbonyl (C=O) groups is 2. The number of benzene rings is 2. The first kappa shape index (κ1) is 23.5. The van der Waals surface area contributed by atoms with Crippen molar-refractivity contribution < 1.29 is 9.59 Å². The Hall–Kier alpha value is -3.19. The van der Waals surface area contributed by atoms with Gasteiger partial charge in [0.2, 0.25) is 5.91 Å². The van der Waals surface area contributed by atoms with E-state index in [1.54, 1.807) is 11.8 Å². The van der Waals surface area contributed by atoms with Crippen molar-refractivity contribution in [1.29, 1.82) is 0 Å². The number of thioether (sulfide) groups is 1. The quantitative estimate of drug-likeness (QED) is 0.516. The molecule has 5 rings (SSSR count). The summed E-state index contributed by atoms with van der Waals surface area (Å²) in [5.41, 5.74) is 8.77. The van der Waals surface area contributed by atoms with Gasteiger partial charge in [-0.1, -0.05) is 18.2 Å². The van der Waals surface area contributed by atoms with Crippen molar-refractivity contribution in [2.45, 2.75) is 26.0 Å². The summed E-state index contributed by atoms with van der Waals surface area (Å²) in [4.78, 5) is 37.7. The minimum Gasteiger partial charge on any atom is -0.339 e. The second-order valence-electron chi connectivity index (χ2n) is 9.17. The summed E-state index contributed by atoms with van der Waals surface area (Å²) in [6, 6.07) is 12.1. The number of fused-ring (bicyclic) bond motifs is 3. The number of hydrogen-bond acceptors (Lipinski definition) is 5. The molecule has 0 bridgehead atoms. The second-order valence-corrected chi connectivity index (χ2v) is 10.3. The molecule has 180 valence electrons. The predicted molar refractivity (Wildman–Crippen MR) is 143 cm³/mol. The van der Waals surface area contributed by atoms with Crippen LogP contribution < -0.4 is 0 Å². The predicted octanol–water partition coefficient (Wildman–Crippen LogP) is 4.35. The highest BCUT2D eigenvalue weighted by Gasteiger charge is 2.24. The van der Waals surface area contributed by atoms with E-state index in [0.29, 0.717) is 31.7 Å². The molecular formula is C28H30N4O2S. The van der Waals surface area contributed by atoms with Gasteiger partial charge in [-0.3, -0.25) is 14.6 Å². The Labute approximate surface area is 210 Å². The normalized spacial score (nSPS) is 16.1. The highest BCUT2D eigenvalue weighted by molar-refractivity contribution is 7.98. The van der Waals surface area contributed by atoms with Crippen molar-refractivity contribution in [1.82, 2.24) is 14.8 Å². The summed E-state index contributed by atoms with van der Waals surface area (Å²) in [5, 5.41) is 1.23. The lowest BCUT2D eigenvalue weighted by molar-refractivity contribution is -0.130. The first-order valence-corrected chi connectivity index (χ1v) is 13.2. The van der Waals surface area contributed by atoms with Crippen LogP contribution >= 0.6 is 11.8 Å². The van der Waals surface area contributed by atoms with Crippen molar-refractivity contribution in [3.63, 3.8) is 0 Å². The molecule has 2 amide bonds. The molecule has 7 heteroatoms. The minimum atomic E-state index is 0.0165. The summed E-state index contributed by atoms with van der Waals surface area (Å²) in [6.07, 6.45) is 2.97. The number of nitrogens with zero attached hydrogens (tertiary/aromatic N) is 4. The average Bonchev–Trinajstić information content (AvgIpc) is 2.89. The Kier molecular flexibility index (Phi) is 6.60. The topological polar surface area (TPSA) is 65.9 Å². The molecule has 3 aromatic rings. The van der Waals surface area contributed by atoms with Crippen LogP contribution in [0.15, 0.2) is 41.4 Å². The Morgan fingerprint density at radius 1 is 1.00 bits per heavy atom. The second kappa shape index (κ2) is 9.82. The van der Waals surface area contributed by atoms with E-state index in [0.717, 1.165) is 40.3 Å². The fraction of sp³-hybridized carbons (Fsp3) is 0.357. The number of amides is 2. The molecule has 0 aliphatic carbocycles. The fourth-order valence-corrected chi connectivity index (χ4v) is 6.10. The molecule has 2 aliphatic rings. The Balaban J connectivity index is 1.49. The maximum absolute atomic E-state index is 13.1. The van der Waals surface area contributed by atoms with Crippen molar-refractivity contribution in [3.8, 4) is 11.3 Å². The molecule has 0 unspecified atom stereocenters. The van der Waals surface area contributed by atoms with Crippen LogP contribution in [0.25, 0.3) is 22.2 Å². The molecule has 2 aliphatic heterocycles. The maximum atomic E-state index is 13.1. The van der Waals surface area contributed by atoms with Gasteiger partial charge in [0.05, 0.1) is 11.2 Å². The lowest BCUT2D eigenvalue weighted by Crippen LogP contribution is -2.50. The van der Waals surface area contributed by atoms with E-state index in [-0.39, 0.29) is 11.8 Å². The molecule has 6 nitrogen and oxygen atoms in total. The van der Waals surface area contributed by atoms with E-state index in [9.17, 15) is 9.59 Å². The highest BCUT2D eigenvalue weighted by atomic mass is 32.2.